The summed E-state index contributed by atoms with van der Waals surface area (Å²) in [5.41, 5.74) is 3.41. The van der Waals surface area contributed by atoms with Gasteiger partial charge in [0.05, 0.1) is 18.8 Å². The summed E-state index contributed by atoms with van der Waals surface area (Å²) >= 11 is 0. The van der Waals surface area contributed by atoms with Gasteiger partial charge in [-0.05, 0) is 19.4 Å². The molecule has 0 aliphatic carbocycles. The summed E-state index contributed by atoms with van der Waals surface area (Å²) in [6.07, 6.45) is 1.85. The highest BCUT2D eigenvalue weighted by molar-refractivity contribution is 5.24. The molecule has 0 bridgehead atoms. The molecule has 2 aromatic rings. The van der Waals surface area contributed by atoms with Gasteiger partial charge in [-0.2, -0.15) is 0 Å². The highest BCUT2D eigenvalue weighted by atomic mass is 16.3. The molecule has 0 radical (unpaired) electrons. The molecule has 0 unspecified atom stereocenters. The van der Waals surface area contributed by atoms with Crippen molar-refractivity contribution in [3.8, 4) is 0 Å². The molecule has 102 valence electrons. The van der Waals surface area contributed by atoms with Crippen molar-refractivity contribution >= 4 is 0 Å². The smallest absolute Gasteiger partial charge is 0.0965 e. The fraction of sp³-hybridized carbons (Fsp3) is 0.429. The Morgan fingerprint density at radius 2 is 2.26 bits per heavy atom. The first kappa shape index (κ1) is 13.7. The van der Waals surface area contributed by atoms with Gasteiger partial charge in [0.25, 0.3) is 0 Å². The first-order valence-corrected chi connectivity index (χ1v) is 6.49. The fourth-order valence-electron chi connectivity index (χ4n) is 1.95. The molecule has 5 nitrogen and oxygen atoms in total. The predicted molar refractivity (Wildman–Crippen MR) is 73.5 cm³/mol. The highest BCUT2D eigenvalue weighted by Gasteiger charge is 2.06. The number of nitrogens with one attached hydrogen (secondary N) is 1. The Bertz CT molecular complexity index is 524. The molecule has 2 rings (SSSR count). The van der Waals surface area contributed by atoms with Crippen LogP contribution in [0.15, 0.2) is 30.5 Å². The third kappa shape index (κ3) is 3.87. The molecule has 0 amide bonds. The highest BCUT2D eigenvalue weighted by Crippen LogP contribution is 2.14. The molecule has 0 fully saturated rings. The van der Waals surface area contributed by atoms with Crippen LogP contribution in [0.2, 0.25) is 0 Å². The molecular weight excluding hydrogens is 240 g/mol. The van der Waals surface area contributed by atoms with Crippen LogP contribution in [-0.2, 0) is 13.1 Å². The quantitative estimate of drug-likeness (QED) is 0.824. The number of nitrogens with zero attached hydrogens (tertiary/aromatic N) is 3. The molecule has 1 aromatic heterocycles. The van der Waals surface area contributed by atoms with E-state index in [9.17, 15) is 0 Å². The van der Waals surface area contributed by atoms with Crippen LogP contribution in [0.3, 0.4) is 0 Å². The number of aliphatic hydroxyl groups is 1. The standard InChI is InChI=1S/C14H20N4O/c1-11-4-3-5-13(8-11)12(2)15-9-14-10-18(6-7-19)17-16-14/h3-5,8,10,12,15,19H,6-7,9H2,1-2H3/t12-/m1/s1. The maximum Gasteiger partial charge on any atom is 0.0965 e. The average molecular weight is 260 g/mol. The van der Waals surface area contributed by atoms with Crippen LogP contribution in [0.1, 0.15) is 29.8 Å². The van der Waals surface area contributed by atoms with Gasteiger partial charge in [-0.1, -0.05) is 35.0 Å². The summed E-state index contributed by atoms with van der Waals surface area (Å²) < 4.78 is 1.65. The largest absolute Gasteiger partial charge is 0.394 e. The van der Waals surface area contributed by atoms with Gasteiger partial charge in [-0.15, -0.1) is 5.10 Å². The fourth-order valence-corrected chi connectivity index (χ4v) is 1.95. The van der Waals surface area contributed by atoms with Gasteiger partial charge in [-0.3, -0.25) is 0 Å². The van der Waals surface area contributed by atoms with E-state index < -0.39 is 0 Å². The van der Waals surface area contributed by atoms with Crippen LogP contribution < -0.4 is 5.32 Å². The lowest BCUT2D eigenvalue weighted by Gasteiger charge is -2.13. The minimum Gasteiger partial charge on any atom is -0.394 e. The lowest BCUT2D eigenvalue weighted by Crippen LogP contribution is -2.18. The Balaban J connectivity index is 1.90. The topological polar surface area (TPSA) is 63.0 Å². The van der Waals surface area contributed by atoms with Gasteiger partial charge in [0.15, 0.2) is 0 Å². The third-order valence-corrected chi connectivity index (χ3v) is 3.05. The summed E-state index contributed by atoms with van der Waals surface area (Å²) in [5.74, 6) is 0. The van der Waals surface area contributed by atoms with Crippen molar-refractivity contribution in [2.24, 2.45) is 0 Å². The van der Waals surface area contributed by atoms with Crippen molar-refractivity contribution in [3.63, 3.8) is 0 Å². The minimum atomic E-state index is 0.0793. The third-order valence-electron chi connectivity index (χ3n) is 3.05. The number of aromatic nitrogens is 3. The molecule has 5 heteroatoms. The molecule has 1 heterocycles. The van der Waals surface area contributed by atoms with Crippen LogP contribution >= 0.6 is 0 Å². The van der Waals surface area contributed by atoms with Crippen molar-refractivity contribution in [2.75, 3.05) is 6.61 Å². The van der Waals surface area contributed by atoms with Crippen molar-refractivity contribution in [3.05, 3.63) is 47.3 Å². The Labute approximate surface area is 113 Å². The molecule has 0 aliphatic heterocycles. The lowest BCUT2D eigenvalue weighted by atomic mass is 10.1. The predicted octanol–water partition coefficient (Wildman–Crippen LogP) is 1.43. The zero-order valence-electron chi connectivity index (χ0n) is 11.4. The monoisotopic (exact) mass is 260 g/mol. The van der Waals surface area contributed by atoms with E-state index in [4.69, 9.17) is 5.11 Å². The molecule has 1 atom stereocenters. The van der Waals surface area contributed by atoms with Crippen molar-refractivity contribution < 1.29 is 5.11 Å². The second-order valence-corrected chi connectivity index (χ2v) is 4.71. The SMILES string of the molecule is Cc1cccc([C@@H](C)NCc2cn(CCO)nn2)c1. The molecule has 0 saturated heterocycles. The minimum absolute atomic E-state index is 0.0793. The van der Waals surface area contributed by atoms with Crippen LogP contribution in [0.4, 0.5) is 0 Å². The van der Waals surface area contributed by atoms with Gasteiger partial charge < -0.3 is 10.4 Å². The van der Waals surface area contributed by atoms with Gasteiger partial charge in [0.1, 0.15) is 0 Å². The van der Waals surface area contributed by atoms with Crippen LogP contribution in [-0.4, -0.2) is 26.7 Å². The van der Waals surface area contributed by atoms with E-state index in [0.29, 0.717) is 13.1 Å². The molecule has 0 spiro atoms. The second-order valence-electron chi connectivity index (χ2n) is 4.71. The van der Waals surface area contributed by atoms with Crippen molar-refractivity contribution in [1.82, 2.24) is 20.3 Å². The molecule has 1 aromatic carbocycles. The molecule has 0 saturated carbocycles. The summed E-state index contributed by atoms with van der Waals surface area (Å²) in [6.45, 7) is 5.46. The van der Waals surface area contributed by atoms with E-state index in [1.807, 2.05) is 6.20 Å². The molecule has 2 N–H and O–H groups in total. The zero-order chi connectivity index (χ0) is 13.7. The van der Waals surface area contributed by atoms with Gasteiger partial charge in [-0.25, -0.2) is 4.68 Å². The van der Waals surface area contributed by atoms with E-state index in [2.05, 4.69) is 53.7 Å². The average Bonchev–Trinajstić information content (AvgIpc) is 2.84. The second kappa shape index (κ2) is 6.45. The Morgan fingerprint density at radius 3 is 3.00 bits per heavy atom. The Kier molecular flexibility index (Phi) is 4.65. The van der Waals surface area contributed by atoms with E-state index in [0.717, 1.165) is 5.69 Å². The van der Waals surface area contributed by atoms with E-state index >= 15 is 0 Å². The van der Waals surface area contributed by atoms with Gasteiger partial charge in [0.2, 0.25) is 0 Å². The first-order valence-electron chi connectivity index (χ1n) is 6.49. The normalized spacial score (nSPS) is 12.6. The van der Waals surface area contributed by atoms with E-state index in [1.165, 1.54) is 11.1 Å². The number of aryl methyl sites for hydroxylation is 1. The lowest BCUT2D eigenvalue weighted by molar-refractivity contribution is 0.268. The first-order chi connectivity index (χ1) is 9.19. The van der Waals surface area contributed by atoms with Crippen LogP contribution in [0.5, 0.6) is 0 Å². The Hall–Kier alpha value is -1.72. The molecular formula is C14H20N4O. The maximum atomic E-state index is 8.82. The molecule has 19 heavy (non-hydrogen) atoms. The molecule has 0 aliphatic rings. The maximum absolute atomic E-state index is 8.82. The number of hydrogen-bond donors (Lipinski definition) is 2. The van der Waals surface area contributed by atoms with Gasteiger partial charge in [0, 0.05) is 18.8 Å². The van der Waals surface area contributed by atoms with Crippen molar-refractivity contribution in [1.29, 1.82) is 0 Å². The summed E-state index contributed by atoms with van der Waals surface area (Å²) in [7, 11) is 0. The summed E-state index contributed by atoms with van der Waals surface area (Å²) in [4.78, 5) is 0. The van der Waals surface area contributed by atoms with E-state index in [1.54, 1.807) is 4.68 Å². The number of benzene rings is 1. The zero-order valence-corrected chi connectivity index (χ0v) is 11.4. The Morgan fingerprint density at radius 1 is 1.42 bits per heavy atom. The summed E-state index contributed by atoms with van der Waals surface area (Å²) in [5, 5.41) is 20.2. The number of hydrogen-bond acceptors (Lipinski definition) is 4. The van der Waals surface area contributed by atoms with Gasteiger partial charge >= 0.3 is 0 Å². The number of aliphatic hydroxyl groups excluding tert-OH is 1. The van der Waals surface area contributed by atoms with E-state index in [-0.39, 0.29) is 12.6 Å². The number of rotatable bonds is 6. The summed E-state index contributed by atoms with van der Waals surface area (Å²) in [6, 6.07) is 8.73. The van der Waals surface area contributed by atoms with Crippen LogP contribution in [0.25, 0.3) is 0 Å². The van der Waals surface area contributed by atoms with Crippen molar-refractivity contribution in [2.45, 2.75) is 33.0 Å². The van der Waals surface area contributed by atoms with Crippen LogP contribution in [0, 0.1) is 6.92 Å².